The number of pyridine rings is 1. The Hall–Kier alpha value is -2.48. The molecule has 0 aliphatic carbocycles. The molecule has 3 heterocycles. The Kier molecular flexibility index (Phi) is 5.57. The lowest BCUT2D eigenvalue weighted by molar-refractivity contribution is 0.102. The fourth-order valence-corrected chi connectivity index (χ4v) is 4.05. The Balaban J connectivity index is 1.42. The molecule has 1 fully saturated rings. The predicted octanol–water partition coefficient (Wildman–Crippen LogP) is 4.07. The Morgan fingerprint density at radius 3 is 2.71 bits per heavy atom. The SMILES string of the molecule is O=C(Nc1nc(-c2ccccc2Cl)cs1)c1ccc(N2CCC(O)CC2)cn1. The van der Waals surface area contributed by atoms with Gasteiger partial charge < -0.3 is 10.0 Å². The molecule has 8 heteroatoms. The number of carbonyl (C=O) groups excluding carboxylic acids is 1. The van der Waals surface area contributed by atoms with Crippen molar-refractivity contribution in [3.63, 3.8) is 0 Å². The summed E-state index contributed by atoms with van der Waals surface area (Å²) in [6, 6.07) is 11.1. The second kappa shape index (κ2) is 8.26. The van der Waals surface area contributed by atoms with Crippen LogP contribution in [0.25, 0.3) is 11.3 Å². The van der Waals surface area contributed by atoms with E-state index in [1.165, 1.54) is 11.3 Å². The molecular weight excluding hydrogens is 396 g/mol. The van der Waals surface area contributed by atoms with Gasteiger partial charge >= 0.3 is 0 Å². The number of benzene rings is 1. The standard InChI is InChI=1S/C20H19ClN4O2S/c21-16-4-2-1-3-15(16)18-12-28-20(23-18)24-19(27)17-6-5-13(11-22-17)25-9-7-14(26)8-10-25/h1-6,11-12,14,26H,7-10H2,(H,23,24,27). The number of amides is 1. The molecular formula is C20H19ClN4O2S. The topological polar surface area (TPSA) is 78.4 Å². The quantitative estimate of drug-likeness (QED) is 0.672. The van der Waals surface area contributed by atoms with Crippen molar-refractivity contribution in [1.82, 2.24) is 9.97 Å². The average molecular weight is 415 g/mol. The largest absolute Gasteiger partial charge is 0.393 e. The molecule has 1 aromatic carbocycles. The highest BCUT2D eigenvalue weighted by molar-refractivity contribution is 7.14. The number of nitrogens with one attached hydrogen (secondary N) is 1. The van der Waals surface area contributed by atoms with Crippen LogP contribution in [0.15, 0.2) is 48.0 Å². The number of hydrogen-bond donors (Lipinski definition) is 2. The Labute approximate surface area is 171 Å². The first-order valence-electron chi connectivity index (χ1n) is 9.01. The minimum atomic E-state index is -0.305. The average Bonchev–Trinajstić information content (AvgIpc) is 3.17. The fourth-order valence-electron chi connectivity index (χ4n) is 3.12. The maximum atomic E-state index is 12.5. The molecule has 3 aromatic rings. The summed E-state index contributed by atoms with van der Waals surface area (Å²) in [6.07, 6.45) is 2.98. The van der Waals surface area contributed by atoms with Gasteiger partial charge in [-0.2, -0.15) is 0 Å². The van der Waals surface area contributed by atoms with Crippen molar-refractivity contribution in [2.24, 2.45) is 0 Å². The van der Waals surface area contributed by atoms with Gasteiger partial charge in [-0.15, -0.1) is 11.3 Å². The molecule has 2 aromatic heterocycles. The summed E-state index contributed by atoms with van der Waals surface area (Å²) in [5.74, 6) is -0.305. The van der Waals surface area contributed by atoms with E-state index >= 15 is 0 Å². The van der Waals surface area contributed by atoms with Crippen molar-refractivity contribution in [3.05, 3.63) is 58.7 Å². The number of anilines is 2. The molecule has 0 bridgehead atoms. The minimum absolute atomic E-state index is 0.219. The van der Waals surface area contributed by atoms with Gasteiger partial charge in [0.15, 0.2) is 5.13 Å². The number of thiazole rings is 1. The summed E-state index contributed by atoms with van der Waals surface area (Å²) in [7, 11) is 0. The van der Waals surface area contributed by atoms with Gasteiger partial charge in [-0.1, -0.05) is 29.8 Å². The highest BCUT2D eigenvalue weighted by Crippen LogP contribution is 2.30. The second-order valence-electron chi connectivity index (χ2n) is 6.59. The number of aliphatic hydroxyl groups is 1. The molecule has 0 saturated carbocycles. The molecule has 4 rings (SSSR count). The monoisotopic (exact) mass is 414 g/mol. The minimum Gasteiger partial charge on any atom is -0.393 e. The lowest BCUT2D eigenvalue weighted by atomic mass is 10.1. The number of carbonyl (C=O) groups is 1. The molecule has 0 radical (unpaired) electrons. The van der Waals surface area contributed by atoms with Crippen LogP contribution >= 0.6 is 22.9 Å². The van der Waals surface area contributed by atoms with Crippen molar-refractivity contribution >= 4 is 39.7 Å². The van der Waals surface area contributed by atoms with Crippen LogP contribution in [0, 0.1) is 0 Å². The Morgan fingerprint density at radius 1 is 1.21 bits per heavy atom. The zero-order chi connectivity index (χ0) is 19.5. The van der Waals surface area contributed by atoms with Gasteiger partial charge in [0.25, 0.3) is 5.91 Å². The van der Waals surface area contributed by atoms with Gasteiger partial charge in [0, 0.05) is 29.1 Å². The molecule has 1 aliphatic rings. The first-order chi connectivity index (χ1) is 13.6. The summed E-state index contributed by atoms with van der Waals surface area (Å²) in [6.45, 7) is 1.58. The highest BCUT2D eigenvalue weighted by Gasteiger charge is 2.18. The molecule has 1 saturated heterocycles. The Morgan fingerprint density at radius 2 is 2.00 bits per heavy atom. The van der Waals surface area contributed by atoms with Crippen LogP contribution in [0.1, 0.15) is 23.3 Å². The van der Waals surface area contributed by atoms with E-state index in [1.54, 1.807) is 12.3 Å². The van der Waals surface area contributed by atoms with E-state index in [-0.39, 0.29) is 12.0 Å². The molecule has 0 unspecified atom stereocenters. The Bertz CT molecular complexity index is 968. The molecule has 0 atom stereocenters. The molecule has 144 valence electrons. The van der Waals surface area contributed by atoms with Gasteiger partial charge in [0.2, 0.25) is 0 Å². The number of nitrogens with zero attached hydrogens (tertiary/aromatic N) is 3. The third-order valence-corrected chi connectivity index (χ3v) is 5.77. The lowest BCUT2D eigenvalue weighted by Crippen LogP contribution is -2.35. The first kappa shape index (κ1) is 18.9. The fraction of sp³-hybridized carbons (Fsp3) is 0.250. The second-order valence-corrected chi connectivity index (χ2v) is 7.86. The molecule has 6 nitrogen and oxygen atoms in total. The third kappa shape index (κ3) is 4.16. The van der Waals surface area contributed by atoms with Crippen molar-refractivity contribution in [2.45, 2.75) is 18.9 Å². The van der Waals surface area contributed by atoms with Crippen LogP contribution in [0.4, 0.5) is 10.8 Å². The van der Waals surface area contributed by atoms with E-state index in [0.29, 0.717) is 15.8 Å². The van der Waals surface area contributed by atoms with Gasteiger partial charge in [-0.05, 0) is 31.0 Å². The number of halogens is 1. The first-order valence-corrected chi connectivity index (χ1v) is 10.3. The van der Waals surface area contributed by atoms with Crippen molar-refractivity contribution in [2.75, 3.05) is 23.3 Å². The molecule has 1 aliphatic heterocycles. The van der Waals surface area contributed by atoms with E-state index in [2.05, 4.69) is 20.2 Å². The molecule has 2 N–H and O–H groups in total. The van der Waals surface area contributed by atoms with E-state index in [4.69, 9.17) is 11.6 Å². The van der Waals surface area contributed by atoms with Crippen LogP contribution in [-0.2, 0) is 0 Å². The van der Waals surface area contributed by atoms with Gasteiger partial charge in [0.05, 0.1) is 23.7 Å². The van der Waals surface area contributed by atoms with Crippen LogP contribution in [0.5, 0.6) is 0 Å². The number of rotatable bonds is 4. The lowest BCUT2D eigenvalue weighted by Gasteiger charge is -2.31. The third-order valence-electron chi connectivity index (χ3n) is 4.68. The van der Waals surface area contributed by atoms with Gasteiger partial charge in [0.1, 0.15) is 5.69 Å². The smallest absolute Gasteiger partial charge is 0.276 e. The number of hydrogen-bond acceptors (Lipinski definition) is 6. The van der Waals surface area contributed by atoms with E-state index in [9.17, 15) is 9.90 Å². The maximum Gasteiger partial charge on any atom is 0.276 e. The number of aromatic nitrogens is 2. The van der Waals surface area contributed by atoms with Crippen molar-refractivity contribution in [3.8, 4) is 11.3 Å². The van der Waals surface area contributed by atoms with E-state index in [1.807, 2.05) is 35.7 Å². The van der Waals surface area contributed by atoms with Gasteiger partial charge in [-0.3, -0.25) is 10.1 Å². The molecule has 0 spiro atoms. The summed E-state index contributed by atoms with van der Waals surface area (Å²) >= 11 is 7.55. The van der Waals surface area contributed by atoms with Crippen LogP contribution < -0.4 is 10.2 Å². The number of aliphatic hydroxyl groups excluding tert-OH is 1. The summed E-state index contributed by atoms with van der Waals surface area (Å²) < 4.78 is 0. The highest BCUT2D eigenvalue weighted by atomic mass is 35.5. The molecule has 28 heavy (non-hydrogen) atoms. The van der Waals surface area contributed by atoms with E-state index < -0.39 is 0 Å². The van der Waals surface area contributed by atoms with E-state index in [0.717, 1.165) is 42.9 Å². The van der Waals surface area contributed by atoms with Crippen LogP contribution in [0.2, 0.25) is 5.02 Å². The summed E-state index contributed by atoms with van der Waals surface area (Å²) in [5.41, 5.74) is 2.84. The van der Waals surface area contributed by atoms with Gasteiger partial charge in [-0.25, -0.2) is 9.97 Å². The van der Waals surface area contributed by atoms with Crippen molar-refractivity contribution < 1.29 is 9.90 Å². The predicted molar refractivity (Wildman–Crippen MR) is 112 cm³/mol. The zero-order valence-electron chi connectivity index (χ0n) is 15.0. The van der Waals surface area contributed by atoms with Crippen molar-refractivity contribution in [1.29, 1.82) is 0 Å². The number of piperidine rings is 1. The summed E-state index contributed by atoms with van der Waals surface area (Å²) in [5, 5.41) is 15.4. The van der Waals surface area contributed by atoms with Crippen LogP contribution in [0.3, 0.4) is 0 Å². The maximum absolute atomic E-state index is 12.5. The summed E-state index contributed by atoms with van der Waals surface area (Å²) in [4.78, 5) is 23.4. The molecule has 1 amide bonds. The zero-order valence-corrected chi connectivity index (χ0v) is 16.6. The van der Waals surface area contributed by atoms with Crippen LogP contribution in [-0.4, -0.2) is 40.2 Å². The normalized spacial score (nSPS) is 14.9.